The van der Waals surface area contributed by atoms with Crippen LogP contribution in [0.15, 0.2) is 48.5 Å². The van der Waals surface area contributed by atoms with E-state index in [1.165, 1.54) is 0 Å². The van der Waals surface area contributed by atoms with Crippen molar-refractivity contribution in [3.05, 3.63) is 59.9 Å². The molecule has 28 heavy (non-hydrogen) atoms. The quantitative estimate of drug-likeness (QED) is 0.656. The third kappa shape index (κ3) is 3.87. The van der Waals surface area contributed by atoms with Crippen molar-refractivity contribution in [3.8, 4) is 5.75 Å². The Morgan fingerprint density at radius 1 is 1.32 bits per heavy atom. The van der Waals surface area contributed by atoms with E-state index in [2.05, 4.69) is 23.0 Å². The van der Waals surface area contributed by atoms with Gasteiger partial charge in [-0.15, -0.1) is 11.8 Å². The van der Waals surface area contributed by atoms with Crippen LogP contribution in [0.25, 0.3) is 11.0 Å². The highest BCUT2D eigenvalue weighted by Crippen LogP contribution is 2.35. The molecule has 2 aromatic carbocycles. The lowest BCUT2D eigenvalue weighted by molar-refractivity contribution is -0.129. The summed E-state index contributed by atoms with van der Waals surface area (Å²) < 4.78 is 5.35. The second kappa shape index (κ2) is 8.27. The van der Waals surface area contributed by atoms with Crippen LogP contribution in [0.2, 0.25) is 0 Å². The van der Waals surface area contributed by atoms with Crippen LogP contribution in [-0.2, 0) is 4.79 Å². The highest BCUT2D eigenvalue weighted by Gasteiger charge is 2.30. The Balaban J connectivity index is 1.40. The number of H-pyrrole nitrogens is 1. The van der Waals surface area contributed by atoms with Crippen LogP contribution in [0.1, 0.15) is 42.4 Å². The molecule has 2 unspecified atom stereocenters. The molecule has 1 aliphatic rings. The summed E-state index contributed by atoms with van der Waals surface area (Å²) in [5, 5.41) is 0.134. The Labute approximate surface area is 169 Å². The van der Waals surface area contributed by atoms with Crippen molar-refractivity contribution in [1.82, 2.24) is 14.9 Å². The number of fused-ring (bicyclic) bond motifs is 1. The number of likely N-dealkylation sites (tertiary alicyclic amines) is 1. The second-order valence-electron chi connectivity index (χ2n) is 7.11. The molecule has 1 aromatic heterocycles. The van der Waals surface area contributed by atoms with Crippen LogP contribution in [-0.4, -0.2) is 40.2 Å². The fraction of sp³-hybridized carbons (Fsp3) is 0.364. The Bertz CT molecular complexity index is 938. The molecule has 1 N–H and O–H groups in total. The number of benzene rings is 2. The molecule has 0 saturated carbocycles. The average molecular weight is 396 g/mol. The molecule has 5 nitrogen and oxygen atoms in total. The first-order chi connectivity index (χ1) is 13.7. The fourth-order valence-electron chi connectivity index (χ4n) is 3.78. The highest BCUT2D eigenvalue weighted by atomic mass is 32.2. The summed E-state index contributed by atoms with van der Waals surface area (Å²) in [4.78, 5) is 23.0. The van der Waals surface area contributed by atoms with Crippen LogP contribution >= 0.6 is 11.8 Å². The number of carbonyl (C=O) groups is 1. The molecule has 1 fully saturated rings. The molecule has 0 spiro atoms. The van der Waals surface area contributed by atoms with Crippen molar-refractivity contribution >= 4 is 28.7 Å². The van der Waals surface area contributed by atoms with Gasteiger partial charge in [0.25, 0.3) is 0 Å². The lowest BCUT2D eigenvalue weighted by Gasteiger charge is -2.25. The van der Waals surface area contributed by atoms with Crippen molar-refractivity contribution in [2.24, 2.45) is 0 Å². The summed E-state index contributed by atoms with van der Waals surface area (Å²) >= 11 is 1.63. The minimum atomic E-state index is 0.134. The van der Waals surface area contributed by atoms with Gasteiger partial charge in [-0.25, -0.2) is 4.98 Å². The van der Waals surface area contributed by atoms with Crippen LogP contribution in [0.4, 0.5) is 0 Å². The smallest absolute Gasteiger partial charge is 0.233 e. The standard InChI is InChI=1S/C22H25N3O2S/c1-15(22-23-18-9-3-4-10-19(18)24-22)28-14-21(26)25-12-6-11-20(25)16-7-5-8-17(13-16)27-2/h3-5,7-10,13,15,20H,6,11-12,14H2,1-2H3,(H,23,24). The number of ether oxygens (including phenoxy) is 1. The van der Waals surface area contributed by atoms with E-state index >= 15 is 0 Å². The van der Waals surface area contributed by atoms with Gasteiger partial charge in [0.1, 0.15) is 11.6 Å². The molecule has 3 aromatic rings. The van der Waals surface area contributed by atoms with Crippen molar-refractivity contribution in [1.29, 1.82) is 0 Å². The minimum Gasteiger partial charge on any atom is -0.497 e. The normalized spacial score (nSPS) is 17.8. The molecule has 0 bridgehead atoms. The molecule has 6 heteroatoms. The Hall–Kier alpha value is -2.47. The summed E-state index contributed by atoms with van der Waals surface area (Å²) in [7, 11) is 1.67. The van der Waals surface area contributed by atoms with E-state index in [0.29, 0.717) is 5.75 Å². The van der Waals surface area contributed by atoms with Gasteiger partial charge in [0.05, 0.1) is 35.2 Å². The van der Waals surface area contributed by atoms with Gasteiger partial charge in [0.15, 0.2) is 0 Å². The molecule has 2 heterocycles. The van der Waals surface area contributed by atoms with E-state index in [0.717, 1.165) is 47.6 Å². The van der Waals surface area contributed by atoms with Gasteiger partial charge in [-0.3, -0.25) is 4.79 Å². The molecule has 1 saturated heterocycles. The number of hydrogen-bond donors (Lipinski definition) is 1. The van der Waals surface area contributed by atoms with Gasteiger partial charge >= 0.3 is 0 Å². The summed E-state index contributed by atoms with van der Waals surface area (Å²) in [6.45, 7) is 2.92. The van der Waals surface area contributed by atoms with E-state index < -0.39 is 0 Å². The Morgan fingerprint density at radius 2 is 2.18 bits per heavy atom. The maximum absolute atomic E-state index is 12.9. The number of aromatic amines is 1. The molecule has 0 aliphatic carbocycles. The van der Waals surface area contributed by atoms with Crippen molar-refractivity contribution in [2.45, 2.75) is 31.1 Å². The molecular formula is C22H25N3O2S. The SMILES string of the molecule is COc1cccc(C2CCCN2C(=O)CSC(C)c2nc3ccccc3[nH]2)c1. The molecular weight excluding hydrogens is 370 g/mol. The minimum absolute atomic E-state index is 0.134. The zero-order valence-electron chi connectivity index (χ0n) is 16.2. The monoisotopic (exact) mass is 395 g/mol. The molecule has 0 radical (unpaired) electrons. The first kappa shape index (κ1) is 18.9. The van der Waals surface area contributed by atoms with E-state index in [9.17, 15) is 4.79 Å². The number of nitrogens with zero attached hydrogens (tertiary/aromatic N) is 2. The molecule has 146 valence electrons. The van der Waals surface area contributed by atoms with Crippen LogP contribution in [0.3, 0.4) is 0 Å². The summed E-state index contributed by atoms with van der Waals surface area (Å²) in [5.74, 6) is 2.41. The van der Waals surface area contributed by atoms with Gasteiger partial charge in [-0.1, -0.05) is 24.3 Å². The Morgan fingerprint density at radius 3 is 3.00 bits per heavy atom. The molecule has 1 aliphatic heterocycles. The number of rotatable bonds is 6. The van der Waals surface area contributed by atoms with Crippen LogP contribution in [0.5, 0.6) is 5.75 Å². The third-order valence-corrected chi connectivity index (χ3v) is 6.44. The number of carbonyl (C=O) groups excluding carboxylic acids is 1. The number of methoxy groups -OCH3 is 1. The van der Waals surface area contributed by atoms with E-state index in [1.807, 2.05) is 47.4 Å². The van der Waals surface area contributed by atoms with Crippen molar-refractivity contribution in [2.75, 3.05) is 19.4 Å². The number of imidazole rings is 1. The molecule has 2 atom stereocenters. The first-order valence-corrected chi connectivity index (χ1v) is 10.7. The third-order valence-electron chi connectivity index (χ3n) is 5.30. The number of thioether (sulfide) groups is 1. The summed E-state index contributed by atoms with van der Waals surface area (Å²) in [6, 6.07) is 16.2. The summed E-state index contributed by atoms with van der Waals surface area (Å²) in [5.41, 5.74) is 3.16. The van der Waals surface area contributed by atoms with E-state index in [-0.39, 0.29) is 17.2 Å². The number of hydrogen-bond acceptors (Lipinski definition) is 4. The predicted octanol–water partition coefficient (Wildman–Crippen LogP) is 4.73. The lowest BCUT2D eigenvalue weighted by Crippen LogP contribution is -2.32. The van der Waals surface area contributed by atoms with Gasteiger partial charge in [-0.2, -0.15) is 0 Å². The van der Waals surface area contributed by atoms with Gasteiger partial charge in [0.2, 0.25) is 5.91 Å². The number of para-hydroxylation sites is 2. The lowest BCUT2D eigenvalue weighted by atomic mass is 10.0. The largest absolute Gasteiger partial charge is 0.497 e. The number of aromatic nitrogens is 2. The topological polar surface area (TPSA) is 58.2 Å². The molecule has 1 amide bonds. The highest BCUT2D eigenvalue weighted by molar-refractivity contribution is 8.00. The van der Waals surface area contributed by atoms with Gasteiger partial charge in [0, 0.05) is 6.54 Å². The van der Waals surface area contributed by atoms with Crippen LogP contribution < -0.4 is 4.74 Å². The van der Waals surface area contributed by atoms with E-state index in [4.69, 9.17) is 4.74 Å². The maximum Gasteiger partial charge on any atom is 0.233 e. The zero-order valence-corrected chi connectivity index (χ0v) is 17.0. The van der Waals surface area contributed by atoms with E-state index in [1.54, 1.807) is 18.9 Å². The predicted molar refractivity (Wildman–Crippen MR) is 114 cm³/mol. The van der Waals surface area contributed by atoms with Gasteiger partial charge < -0.3 is 14.6 Å². The maximum atomic E-state index is 12.9. The zero-order chi connectivity index (χ0) is 19.5. The fourth-order valence-corrected chi connectivity index (χ4v) is 4.61. The Kier molecular flexibility index (Phi) is 5.57. The molecule has 4 rings (SSSR count). The number of nitrogens with one attached hydrogen (secondary N) is 1. The van der Waals surface area contributed by atoms with Crippen molar-refractivity contribution < 1.29 is 9.53 Å². The van der Waals surface area contributed by atoms with Gasteiger partial charge in [-0.05, 0) is 49.6 Å². The second-order valence-corrected chi connectivity index (χ2v) is 8.44. The summed E-state index contributed by atoms with van der Waals surface area (Å²) in [6.07, 6.45) is 2.04. The van der Waals surface area contributed by atoms with Crippen molar-refractivity contribution in [3.63, 3.8) is 0 Å². The average Bonchev–Trinajstić information content (AvgIpc) is 3.39. The first-order valence-electron chi connectivity index (χ1n) is 9.65. The number of amides is 1. The van der Waals surface area contributed by atoms with Crippen LogP contribution in [0, 0.1) is 0 Å².